The summed E-state index contributed by atoms with van der Waals surface area (Å²) < 4.78 is 2.11. The lowest BCUT2D eigenvalue weighted by molar-refractivity contribution is -0.142. The monoisotopic (exact) mass is 260 g/mol. The van der Waals surface area contributed by atoms with Crippen LogP contribution in [-0.2, 0) is 17.8 Å². The van der Waals surface area contributed by atoms with Crippen LogP contribution in [0.15, 0.2) is 24.3 Å². The van der Waals surface area contributed by atoms with Gasteiger partial charge in [0, 0.05) is 13.0 Å². The van der Waals surface area contributed by atoms with E-state index in [0.29, 0.717) is 12.8 Å². The topological polar surface area (TPSA) is 55.1 Å². The molecule has 4 heteroatoms. The molecule has 2 aromatic rings. The number of aromatic nitrogens is 2. The Morgan fingerprint density at radius 3 is 2.74 bits per heavy atom. The molecule has 1 atom stereocenters. The minimum Gasteiger partial charge on any atom is -0.481 e. The number of fused-ring (bicyclic) bond motifs is 1. The summed E-state index contributed by atoms with van der Waals surface area (Å²) in [4.78, 5) is 15.9. The van der Waals surface area contributed by atoms with Gasteiger partial charge in [-0.3, -0.25) is 4.79 Å². The summed E-state index contributed by atoms with van der Waals surface area (Å²) in [6.07, 6.45) is 2.08. The Balaban J connectivity index is 2.36. The number of hydrogen-bond donors (Lipinski definition) is 1. The van der Waals surface area contributed by atoms with Gasteiger partial charge >= 0.3 is 5.97 Å². The first-order valence-corrected chi connectivity index (χ1v) is 6.84. The molecule has 0 saturated heterocycles. The predicted molar refractivity (Wildman–Crippen MR) is 75.1 cm³/mol. The van der Waals surface area contributed by atoms with Crippen LogP contribution < -0.4 is 0 Å². The second-order valence-electron chi connectivity index (χ2n) is 4.79. The molecule has 1 N–H and O–H groups in total. The van der Waals surface area contributed by atoms with Crippen molar-refractivity contribution < 1.29 is 9.90 Å². The van der Waals surface area contributed by atoms with E-state index in [9.17, 15) is 9.90 Å². The minimum absolute atomic E-state index is 0.341. The number of carboxylic acids is 1. The van der Waals surface area contributed by atoms with Crippen molar-refractivity contribution in [2.75, 3.05) is 0 Å². The number of carboxylic acid groups (broad SMARTS) is 1. The standard InChI is InChI=1S/C15H20N2O2/c1-3-7-11(15(18)19)10-14-16-12-8-5-6-9-13(12)17(14)4-2/h5-6,8-9,11H,3-4,7,10H2,1-2H3,(H,18,19). The van der Waals surface area contributed by atoms with Crippen molar-refractivity contribution in [3.63, 3.8) is 0 Å². The molecule has 0 amide bonds. The zero-order chi connectivity index (χ0) is 13.8. The van der Waals surface area contributed by atoms with Crippen LogP contribution in [0.5, 0.6) is 0 Å². The Hall–Kier alpha value is -1.84. The Bertz CT molecular complexity index is 575. The smallest absolute Gasteiger partial charge is 0.306 e. The van der Waals surface area contributed by atoms with E-state index in [-0.39, 0.29) is 5.92 Å². The third-order valence-electron chi connectivity index (χ3n) is 3.47. The van der Waals surface area contributed by atoms with Gasteiger partial charge in [-0.2, -0.15) is 0 Å². The molecule has 1 unspecified atom stereocenters. The van der Waals surface area contributed by atoms with Gasteiger partial charge in [0.25, 0.3) is 0 Å². The van der Waals surface area contributed by atoms with Crippen LogP contribution in [0, 0.1) is 5.92 Å². The molecule has 0 aliphatic rings. The molecular weight excluding hydrogens is 240 g/mol. The number of benzene rings is 1. The largest absolute Gasteiger partial charge is 0.481 e. The lowest BCUT2D eigenvalue weighted by Crippen LogP contribution is -2.18. The molecule has 2 rings (SSSR count). The van der Waals surface area contributed by atoms with Gasteiger partial charge in [0.05, 0.1) is 17.0 Å². The highest BCUT2D eigenvalue weighted by molar-refractivity contribution is 5.76. The first-order valence-electron chi connectivity index (χ1n) is 6.84. The van der Waals surface area contributed by atoms with Crippen molar-refractivity contribution in [1.29, 1.82) is 0 Å². The van der Waals surface area contributed by atoms with Gasteiger partial charge in [-0.15, -0.1) is 0 Å². The predicted octanol–water partition coefficient (Wildman–Crippen LogP) is 3.10. The van der Waals surface area contributed by atoms with Crippen LogP contribution in [0.25, 0.3) is 11.0 Å². The summed E-state index contributed by atoms with van der Waals surface area (Å²) in [6.45, 7) is 4.89. The highest BCUT2D eigenvalue weighted by atomic mass is 16.4. The van der Waals surface area contributed by atoms with Crippen molar-refractivity contribution in [3.05, 3.63) is 30.1 Å². The van der Waals surface area contributed by atoms with Crippen LogP contribution in [0.4, 0.5) is 0 Å². The molecule has 0 aliphatic heterocycles. The summed E-state index contributed by atoms with van der Waals surface area (Å²) in [5.74, 6) is -0.187. The summed E-state index contributed by atoms with van der Waals surface area (Å²) in [5, 5.41) is 9.27. The summed E-state index contributed by atoms with van der Waals surface area (Å²) in [6, 6.07) is 7.95. The number of para-hydroxylation sites is 2. The minimum atomic E-state index is -0.725. The van der Waals surface area contributed by atoms with Gasteiger partial charge in [-0.05, 0) is 25.5 Å². The van der Waals surface area contributed by atoms with Crippen molar-refractivity contribution in [3.8, 4) is 0 Å². The summed E-state index contributed by atoms with van der Waals surface area (Å²) in [7, 11) is 0. The zero-order valence-electron chi connectivity index (χ0n) is 11.5. The van der Waals surface area contributed by atoms with Gasteiger partial charge in [-0.1, -0.05) is 25.5 Å². The summed E-state index contributed by atoms with van der Waals surface area (Å²) in [5.41, 5.74) is 2.03. The van der Waals surface area contributed by atoms with E-state index in [1.165, 1.54) is 0 Å². The number of hydrogen-bond acceptors (Lipinski definition) is 2. The second kappa shape index (κ2) is 5.87. The Labute approximate surface area is 113 Å². The normalized spacial score (nSPS) is 12.7. The molecule has 0 fully saturated rings. The number of imidazole rings is 1. The summed E-state index contributed by atoms with van der Waals surface area (Å²) >= 11 is 0. The molecule has 102 valence electrons. The molecule has 0 saturated carbocycles. The SMILES string of the molecule is CCCC(Cc1nc2ccccc2n1CC)C(=O)O. The number of rotatable bonds is 6. The Kier molecular flexibility index (Phi) is 4.20. The van der Waals surface area contributed by atoms with E-state index < -0.39 is 5.97 Å². The number of aliphatic carboxylic acids is 1. The van der Waals surface area contributed by atoms with E-state index in [4.69, 9.17) is 0 Å². The quantitative estimate of drug-likeness (QED) is 0.868. The molecule has 0 aliphatic carbocycles. The van der Waals surface area contributed by atoms with Crippen LogP contribution in [-0.4, -0.2) is 20.6 Å². The number of carbonyl (C=O) groups is 1. The molecule has 4 nitrogen and oxygen atoms in total. The molecule has 1 aromatic carbocycles. The van der Waals surface area contributed by atoms with E-state index in [2.05, 4.69) is 16.5 Å². The molecule has 0 radical (unpaired) electrons. The Morgan fingerprint density at radius 1 is 1.37 bits per heavy atom. The number of nitrogens with zero attached hydrogens (tertiary/aromatic N) is 2. The van der Waals surface area contributed by atoms with Gasteiger partial charge in [0.15, 0.2) is 0 Å². The lowest BCUT2D eigenvalue weighted by atomic mass is 10.00. The van der Waals surface area contributed by atoms with Crippen molar-refractivity contribution >= 4 is 17.0 Å². The molecule has 0 bridgehead atoms. The van der Waals surface area contributed by atoms with E-state index in [1.54, 1.807) is 0 Å². The fraction of sp³-hybridized carbons (Fsp3) is 0.467. The van der Waals surface area contributed by atoms with Crippen molar-refractivity contribution in [2.24, 2.45) is 5.92 Å². The highest BCUT2D eigenvalue weighted by Gasteiger charge is 2.20. The van der Waals surface area contributed by atoms with Gasteiger partial charge in [0.2, 0.25) is 0 Å². The van der Waals surface area contributed by atoms with Crippen molar-refractivity contribution in [1.82, 2.24) is 9.55 Å². The van der Waals surface area contributed by atoms with E-state index in [0.717, 1.165) is 29.8 Å². The average molecular weight is 260 g/mol. The first-order chi connectivity index (χ1) is 9.17. The maximum Gasteiger partial charge on any atom is 0.306 e. The molecule has 1 heterocycles. The Morgan fingerprint density at radius 2 is 2.11 bits per heavy atom. The van der Waals surface area contributed by atoms with Crippen LogP contribution in [0.1, 0.15) is 32.5 Å². The third-order valence-corrected chi connectivity index (χ3v) is 3.47. The van der Waals surface area contributed by atoms with Gasteiger partial charge < -0.3 is 9.67 Å². The zero-order valence-corrected chi connectivity index (χ0v) is 11.5. The number of aryl methyl sites for hydroxylation is 1. The van der Waals surface area contributed by atoms with Crippen LogP contribution in [0.3, 0.4) is 0 Å². The molecule has 0 spiro atoms. The maximum absolute atomic E-state index is 11.3. The fourth-order valence-corrected chi connectivity index (χ4v) is 2.52. The maximum atomic E-state index is 11.3. The highest BCUT2D eigenvalue weighted by Crippen LogP contribution is 2.20. The second-order valence-corrected chi connectivity index (χ2v) is 4.79. The molecule has 1 aromatic heterocycles. The van der Waals surface area contributed by atoms with E-state index >= 15 is 0 Å². The average Bonchev–Trinajstić information content (AvgIpc) is 2.75. The lowest BCUT2D eigenvalue weighted by Gasteiger charge is -2.12. The van der Waals surface area contributed by atoms with E-state index in [1.807, 2.05) is 31.2 Å². The fourth-order valence-electron chi connectivity index (χ4n) is 2.52. The molecular formula is C15H20N2O2. The third kappa shape index (κ3) is 2.78. The first kappa shape index (κ1) is 13.6. The van der Waals surface area contributed by atoms with Gasteiger partial charge in [-0.25, -0.2) is 4.98 Å². The molecule has 19 heavy (non-hydrogen) atoms. The van der Waals surface area contributed by atoms with Crippen LogP contribution in [0.2, 0.25) is 0 Å². The van der Waals surface area contributed by atoms with Crippen LogP contribution >= 0.6 is 0 Å². The van der Waals surface area contributed by atoms with Crippen molar-refractivity contribution in [2.45, 2.75) is 39.7 Å². The van der Waals surface area contributed by atoms with Gasteiger partial charge in [0.1, 0.15) is 5.82 Å².